The summed E-state index contributed by atoms with van der Waals surface area (Å²) in [5, 5.41) is 1.78. The van der Waals surface area contributed by atoms with E-state index in [1.165, 1.54) is 11.8 Å². The summed E-state index contributed by atoms with van der Waals surface area (Å²) in [5.41, 5.74) is 10.9. The lowest BCUT2D eigenvalue weighted by Gasteiger charge is -2.13. The zero-order valence-electron chi connectivity index (χ0n) is 15.3. The van der Waals surface area contributed by atoms with Crippen molar-refractivity contribution in [3.8, 4) is 0 Å². The van der Waals surface area contributed by atoms with Gasteiger partial charge in [0.1, 0.15) is 17.5 Å². The summed E-state index contributed by atoms with van der Waals surface area (Å²) in [6, 6.07) is 5.19. The molecule has 0 bridgehead atoms. The summed E-state index contributed by atoms with van der Waals surface area (Å²) in [6.45, 7) is 4.14. The Bertz CT molecular complexity index is 853. The van der Waals surface area contributed by atoms with Gasteiger partial charge < -0.3 is 25.5 Å². The zero-order chi connectivity index (χ0) is 20.8. The number of amides is 2. The van der Waals surface area contributed by atoms with Crippen LogP contribution in [0.25, 0.3) is 0 Å². The van der Waals surface area contributed by atoms with E-state index in [2.05, 4.69) is 4.98 Å². The largest absolute Gasteiger partial charge is 0.448 e. The SMILES string of the molecule is CC(C)c1nc(COC(N)=O)n(CCOC(N)=O)c1Sc1cc(Cl)cc(Cl)c1. The van der Waals surface area contributed by atoms with Crippen LogP contribution in [0.5, 0.6) is 0 Å². The number of nitrogens with two attached hydrogens (primary N) is 2. The van der Waals surface area contributed by atoms with Gasteiger partial charge in [0.05, 0.1) is 12.2 Å². The van der Waals surface area contributed by atoms with Crippen LogP contribution in [-0.2, 0) is 22.6 Å². The molecule has 0 spiro atoms. The molecule has 152 valence electrons. The molecule has 2 amide bonds. The van der Waals surface area contributed by atoms with Crippen LogP contribution in [0.3, 0.4) is 0 Å². The first-order valence-electron chi connectivity index (χ1n) is 8.25. The molecule has 0 radical (unpaired) electrons. The number of benzene rings is 1. The van der Waals surface area contributed by atoms with Crippen LogP contribution >= 0.6 is 35.0 Å². The van der Waals surface area contributed by atoms with Crippen LogP contribution < -0.4 is 11.5 Å². The highest BCUT2D eigenvalue weighted by atomic mass is 35.5. The molecule has 2 aromatic rings. The number of carbonyl (C=O) groups is 2. The average Bonchev–Trinajstić information content (AvgIpc) is 2.90. The van der Waals surface area contributed by atoms with E-state index in [0.29, 0.717) is 15.9 Å². The third-order valence-corrected chi connectivity index (χ3v) is 5.06. The van der Waals surface area contributed by atoms with Crippen LogP contribution in [0.15, 0.2) is 28.1 Å². The van der Waals surface area contributed by atoms with E-state index in [4.69, 9.17) is 44.1 Å². The summed E-state index contributed by atoms with van der Waals surface area (Å²) in [7, 11) is 0. The van der Waals surface area contributed by atoms with Crippen molar-refractivity contribution in [1.82, 2.24) is 9.55 Å². The predicted octanol–water partition coefficient (Wildman–Crippen LogP) is 4.16. The van der Waals surface area contributed by atoms with Crippen molar-refractivity contribution in [2.75, 3.05) is 6.61 Å². The highest BCUT2D eigenvalue weighted by Gasteiger charge is 2.21. The lowest BCUT2D eigenvalue weighted by Crippen LogP contribution is -2.19. The fourth-order valence-electron chi connectivity index (χ4n) is 2.40. The molecule has 0 saturated heterocycles. The van der Waals surface area contributed by atoms with E-state index in [-0.39, 0.29) is 25.7 Å². The maximum absolute atomic E-state index is 11.0. The van der Waals surface area contributed by atoms with Crippen molar-refractivity contribution in [1.29, 1.82) is 0 Å². The monoisotopic (exact) mass is 446 g/mol. The van der Waals surface area contributed by atoms with Gasteiger partial charge in [-0.1, -0.05) is 48.8 Å². The molecule has 0 aliphatic heterocycles. The first kappa shape index (κ1) is 22.2. The summed E-state index contributed by atoms with van der Waals surface area (Å²) < 4.78 is 11.5. The van der Waals surface area contributed by atoms with Crippen LogP contribution in [0.1, 0.15) is 31.3 Å². The van der Waals surface area contributed by atoms with Crippen molar-refractivity contribution in [2.45, 2.75) is 42.8 Å². The van der Waals surface area contributed by atoms with Crippen molar-refractivity contribution in [2.24, 2.45) is 11.5 Å². The number of rotatable bonds is 8. The topological polar surface area (TPSA) is 122 Å². The zero-order valence-corrected chi connectivity index (χ0v) is 17.6. The quantitative estimate of drug-likeness (QED) is 0.627. The van der Waals surface area contributed by atoms with Gasteiger partial charge >= 0.3 is 12.2 Å². The molecule has 1 aromatic heterocycles. The number of primary amides is 2. The molecule has 11 heteroatoms. The van der Waals surface area contributed by atoms with Crippen molar-refractivity contribution >= 4 is 47.2 Å². The van der Waals surface area contributed by atoms with Crippen LogP contribution in [0.4, 0.5) is 9.59 Å². The minimum absolute atomic E-state index is 0.0245. The van der Waals surface area contributed by atoms with Gasteiger partial charge in [-0.25, -0.2) is 14.6 Å². The Morgan fingerprint density at radius 3 is 2.29 bits per heavy atom. The summed E-state index contributed by atoms with van der Waals surface area (Å²) in [6.07, 6.45) is -1.79. The van der Waals surface area contributed by atoms with Crippen LogP contribution in [0, 0.1) is 0 Å². The van der Waals surface area contributed by atoms with Crippen molar-refractivity contribution < 1.29 is 19.1 Å². The van der Waals surface area contributed by atoms with E-state index in [9.17, 15) is 9.59 Å². The second-order valence-electron chi connectivity index (χ2n) is 6.01. The first-order chi connectivity index (χ1) is 13.2. The fraction of sp³-hybridized carbons (Fsp3) is 0.353. The first-order valence-corrected chi connectivity index (χ1v) is 9.82. The Balaban J connectivity index is 2.45. The predicted molar refractivity (Wildman–Crippen MR) is 107 cm³/mol. The molecular weight excluding hydrogens is 427 g/mol. The number of hydrogen-bond acceptors (Lipinski definition) is 6. The number of aromatic nitrogens is 2. The molecule has 0 aliphatic rings. The molecule has 2 rings (SSSR count). The smallest absolute Gasteiger partial charge is 0.404 e. The van der Waals surface area contributed by atoms with Gasteiger partial charge in [-0.2, -0.15) is 0 Å². The molecule has 1 aromatic carbocycles. The molecule has 0 atom stereocenters. The molecule has 0 fully saturated rings. The van der Waals surface area contributed by atoms with Crippen molar-refractivity contribution in [3.05, 3.63) is 39.8 Å². The Kier molecular flexibility index (Phi) is 7.85. The van der Waals surface area contributed by atoms with Crippen LogP contribution in [-0.4, -0.2) is 28.3 Å². The Morgan fingerprint density at radius 1 is 1.14 bits per heavy atom. The summed E-state index contributed by atoms with van der Waals surface area (Å²) in [5.74, 6) is 0.536. The number of hydrogen-bond donors (Lipinski definition) is 2. The normalized spacial score (nSPS) is 10.9. The Hall–Kier alpha value is -2.10. The molecular formula is C17H20Cl2N4O4S. The van der Waals surface area contributed by atoms with Gasteiger partial charge in [-0.3, -0.25) is 0 Å². The highest BCUT2D eigenvalue weighted by molar-refractivity contribution is 7.99. The number of ether oxygens (including phenoxy) is 2. The highest BCUT2D eigenvalue weighted by Crippen LogP contribution is 2.37. The average molecular weight is 447 g/mol. The Morgan fingerprint density at radius 2 is 1.75 bits per heavy atom. The number of carbonyl (C=O) groups excluding carboxylic acids is 2. The van der Waals surface area contributed by atoms with Crippen LogP contribution in [0.2, 0.25) is 10.0 Å². The summed E-state index contributed by atoms with van der Waals surface area (Å²) in [4.78, 5) is 27.3. The van der Waals surface area contributed by atoms with Gasteiger partial charge in [0.25, 0.3) is 0 Å². The van der Waals surface area contributed by atoms with E-state index >= 15 is 0 Å². The molecule has 0 aliphatic carbocycles. The molecule has 4 N–H and O–H groups in total. The lowest BCUT2D eigenvalue weighted by molar-refractivity contribution is 0.140. The molecule has 28 heavy (non-hydrogen) atoms. The second-order valence-corrected chi connectivity index (χ2v) is 7.94. The van der Waals surface area contributed by atoms with E-state index in [1.54, 1.807) is 22.8 Å². The third kappa shape index (κ3) is 6.22. The number of halogens is 2. The third-order valence-electron chi connectivity index (χ3n) is 3.53. The summed E-state index contributed by atoms with van der Waals surface area (Å²) >= 11 is 13.6. The Labute approximate surface area is 176 Å². The minimum atomic E-state index is -0.912. The lowest BCUT2D eigenvalue weighted by atomic mass is 10.1. The maximum atomic E-state index is 11.0. The fourth-order valence-corrected chi connectivity index (χ4v) is 4.34. The maximum Gasteiger partial charge on any atom is 0.404 e. The molecule has 0 unspecified atom stereocenters. The molecule has 0 saturated carbocycles. The minimum Gasteiger partial charge on any atom is -0.448 e. The van der Waals surface area contributed by atoms with E-state index in [0.717, 1.165) is 15.6 Å². The van der Waals surface area contributed by atoms with Gasteiger partial charge in [0.2, 0.25) is 0 Å². The van der Waals surface area contributed by atoms with E-state index < -0.39 is 12.2 Å². The second kappa shape index (κ2) is 9.90. The number of nitrogens with zero attached hydrogens (tertiary/aromatic N) is 2. The molecule has 1 heterocycles. The van der Waals surface area contributed by atoms with Gasteiger partial charge in [0, 0.05) is 14.9 Å². The van der Waals surface area contributed by atoms with Crippen molar-refractivity contribution in [3.63, 3.8) is 0 Å². The van der Waals surface area contributed by atoms with Gasteiger partial charge in [0.15, 0.2) is 6.61 Å². The number of imidazole rings is 1. The van der Waals surface area contributed by atoms with Gasteiger partial charge in [-0.05, 0) is 24.1 Å². The molecule has 8 nitrogen and oxygen atoms in total. The van der Waals surface area contributed by atoms with Gasteiger partial charge in [-0.15, -0.1) is 0 Å². The standard InChI is InChI=1S/C17H20Cl2N4O4S/c1-9(2)14-15(28-12-6-10(18)5-11(19)7-12)23(3-4-26-16(20)24)13(22-14)8-27-17(21)25/h5-7,9H,3-4,8H2,1-2H3,(H2,20,24)(H2,21,25). The van der Waals surface area contributed by atoms with E-state index in [1.807, 2.05) is 13.8 Å².